The standard InChI is InChI=1S/C21H22O2S/c1-3-4-5-6-15-7-9-16(10-8-15)19-13-17-11-12-18(22-2)14-20(17)23-21(19)24/h7-14H,3-6H2,1-2H3. The molecule has 0 aliphatic heterocycles. The van der Waals surface area contributed by atoms with Crippen LogP contribution in [0.15, 0.2) is 52.9 Å². The summed E-state index contributed by atoms with van der Waals surface area (Å²) >= 11 is 5.45. The number of hydrogen-bond donors (Lipinski definition) is 0. The van der Waals surface area contributed by atoms with Crippen molar-refractivity contribution in [3.05, 3.63) is 58.8 Å². The van der Waals surface area contributed by atoms with Crippen LogP contribution in [-0.4, -0.2) is 7.11 Å². The maximum atomic E-state index is 5.83. The molecule has 0 aliphatic carbocycles. The summed E-state index contributed by atoms with van der Waals surface area (Å²) in [5.74, 6) is 0.768. The highest BCUT2D eigenvalue weighted by atomic mass is 32.1. The van der Waals surface area contributed by atoms with E-state index >= 15 is 0 Å². The van der Waals surface area contributed by atoms with Gasteiger partial charge in [-0.3, -0.25) is 0 Å². The van der Waals surface area contributed by atoms with Gasteiger partial charge < -0.3 is 9.15 Å². The second-order valence-corrected chi connectivity index (χ2v) is 6.38. The highest BCUT2D eigenvalue weighted by Gasteiger charge is 2.06. The van der Waals surface area contributed by atoms with Crippen molar-refractivity contribution in [3.8, 4) is 16.9 Å². The van der Waals surface area contributed by atoms with Crippen molar-refractivity contribution in [1.29, 1.82) is 0 Å². The zero-order valence-corrected chi connectivity index (χ0v) is 15.0. The van der Waals surface area contributed by atoms with Gasteiger partial charge in [0, 0.05) is 17.0 Å². The van der Waals surface area contributed by atoms with Gasteiger partial charge in [0.05, 0.1) is 7.11 Å². The molecule has 0 atom stereocenters. The van der Waals surface area contributed by atoms with E-state index in [-0.39, 0.29) is 0 Å². The summed E-state index contributed by atoms with van der Waals surface area (Å²) < 4.78 is 11.6. The minimum atomic E-state index is 0.509. The number of aryl methyl sites for hydroxylation is 1. The van der Waals surface area contributed by atoms with Gasteiger partial charge in [-0.2, -0.15) is 0 Å². The van der Waals surface area contributed by atoms with E-state index < -0.39 is 0 Å². The maximum absolute atomic E-state index is 5.83. The second-order valence-electron chi connectivity index (χ2n) is 6.01. The zero-order chi connectivity index (χ0) is 16.9. The van der Waals surface area contributed by atoms with E-state index in [1.807, 2.05) is 18.2 Å². The van der Waals surface area contributed by atoms with Gasteiger partial charge >= 0.3 is 0 Å². The molecule has 1 aromatic heterocycles. The van der Waals surface area contributed by atoms with Gasteiger partial charge in [0.2, 0.25) is 0 Å². The largest absolute Gasteiger partial charge is 0.497 e. The van der Waals surface area contributed by atoms with Crippen molar-refractivity contribution in [1.82, 2.24) is 0 Å². The quantitative estimate of drug-likeness (QED) is 0.375. The van der Waals surface area contributed by atoms with Crippen LogP contribution in [0.4, 0.5) is 0 Å². The predicted molar refractivity (Wildman–Crippen MR) is 102 cm³/mol. The van der Waals surface area contributed by atoms with Gasteiger partial charge in [0.1, 0.15) is 11.3 Å². The van der Waals surface area contributed by atoms with Crippen molar-refractivity contribution in [2.45, 2.75) is 32.6 Å². The van der Waals surface area contributed by atoms with Crippen LogP contribution in [0.25, 0.3) is 22.1 Å². The fourth-order valence-corrected chi connectivity index (χ4v) is 3.12. The summed E-state index contributed by atoms with van der Waals surface area (Å²) in [6, 6.07) is 16.5. The number of hydrogen-bond acceptors (Lipinski definition) is 3. The number of methoxy groups -OCH3 is 1. The lowest BCUT2D eigenvalue weighted by molar-refractivity contribution is 0.414. The Morgan fingerprint density at radius 1 is 1.00 bits per heavy atom. The summed E-state index contributed by atoms with van der Waals surface area (Å²) in [5, 5.41) is 1.02. The molecular formula is C21H22O2S. The second kappa shape index (κ2) is 7.63. The number of rotatable bonds is 6. The monoisotopic (exact) mass is 338 g/mol. The molecule has 0 spiro atoms. The van der Waals surface area contributed by atoms with Crippen molar-refractivity contribution in [3.63, 3.8) is 0 Å². The molecule has 0 N–H and O–H groups in total. The van der Waals surface area contributed by atoms with E-state index in [4.69, 9.17) is 21.4 Å². The highest BCUT2D eigenvalue weighted by molar-refractivity contribution is 7.71. The Hall–Kier alpha value is -2.13. The Balaban J connectivity index is 1.91. The average Bonchev–Trinajstić information content (AvgIpc) is 2.61. The normalized spacial score (nSPS) is 10.9. The van der Waals surface area contributed by atoms with Crippen LogP contribution in [0.2, 0.25) is 0 Å². The van der Waals surface area contributed by atoms with Crippen molar-refractivity contribution < 1.29 is 9.15 Å². The van der Waals surface area contributed by atoms with Gasteiger partial charge in [0.15, 0.2) is 4.71 Å². The fourth-order valence-electron chi connectivity index (χ4n) is 2.85. The van der Waals surface area contributed by atoms with Crippen molar-refractivity contribution in [2.75, 3.05) is 7.11 Å². The van der Waals surface area contributed by atoms with Gasteiger partial charge in [-0.25, -0.2) is 0 Å². The molecule has 0 radical (unpaired) electrons. The summed E-state index contributed by atoms with van der Waals surface area (Å²) in [4.78, 5) is 0. The molecule has 0 bridgehead atoms. The van der Waals surface area contributed by atoms with E-state index in [0.29, 0.717) is 4.71 Å². The fraction of sp³-hybridized carbons (Fsp3) is 0.286. The molecule has 3 rings (SSSR count). The molecule has 0 saturated carbocycles. The first-order valence-electron chi connectivity index (χ1n) is 8.42. The Labute approximate surface area is 148 Å². The Kier molecular flexibility index (Phi) is 5.31. The van der Waals surface area contributed by atoms with Crippen LogP contribution < -0.4 is 4.74 Å². The molecule has 0 saturated heterocycles. The third-order valence-electron chi connectivity index (χ3n) is 4.28. The summed E-state index contributed by atoms with van der Waals surface area (Å²) in [5.41, 5.74) is 4.18. The first-order chi connectivity index (χ1) is 11.7. The third kappa shape index (κ3) is 3.68. The average molecular weight is 338 g/mol. The van der Waals surface area contributed by atoms with Crippen LogP contribution in [0.3, 0.4) is 0 Å². The molecule has 0 fully saturated rings. The molecular weight excluding hydrogens is 316 g/mol. The lowest BCUT2D eigenvalue weighted by atomic mass is 10.0. The summed E-state index contributed by atoms with van der Waals surface area (Å²) in [7, 11) is 1.65. The molecule has 1 heterocycles. The molecule has 0 aliphatic rings. The Bertz CT molecular complexity index is 878. The molecule has 2 nitrogen and oxygen atoms in total. The molecule has 24 heavy (non-hydrogen) atoms. The maximum Gasteiger partial charge on any atom is 0.198 e. The summed E-state index contributed by atoms with van der Waals surface area (Å²) in [6.07, 6.45) is 4.91. The van der Waals surface area contributed by atoms with E-state index in [1.54, 1.807) is 7.11 Å². The number of fused-ring (bicyclic) bond motifs is 1. The summed E-state index contributed by atoms with van der Waals surface area (Å²) in [6.45, 7) is 2.23. The topological polar surface area (TPSA) is 22.4 Å². The van der Waals surface area contributed by atoms with Crippen LogP contribution in [0, 0.1) is 4.71 Å². The highest BCUT2D eigenvalue weighted by Crippen LogP contribution is 2.29. The first kappa shape index (κ1) is 16.7. The smallest absolute Gasteiger partial charge is 0.198 e. The number of unbranched alkanes of at least 4 members (excludes halogenated alkanes) is 2. The van der Waals surface area contributed by atoms with Gasteiger partial charge in [-0.05, 0) is 54.4 Å². The zero-order valence-electron chi connectivity index (χ0n) is 14.2. The SMILES string of the molecule is CCCCCc1ccc(-c2cc3ccc(OC)cc3oc2=S)cc1. The minimum Gasteiger partial charge on any atom is -0.497 e. The molecule has 124 valence electrons. The number of benzene rings is 2. The molecule has 2 aromatic carbocycles. The van der Waals surface area contributed by atoms with Crippen LogP contribution in [0.5, 0.6) is 5.75 Å². The lowest BCUT2D eigenvalue weighted by Gasteiger charge is -2.07. The lowest BCUT2D eigenvalue weighted by Crippen LogP contribution is -1.87. The van der Waals surface area contributed by atoms with Gasteiger partial charge in [0.25, 0.3) is 0 Å². The third-order valence-corrected chi connectivity index (χ3v) is 4.58. The molecule has 3 heteroatoms. The van der Waals surface area contributed by atoms with Crippen LogP contribution in [-0.2, 0) is 6.42 Å². The minimum absolute atomic E-state index is 0.509. The predicted octanol–water partition coefficient (Wildman–Crippen LogP) is 6.57. The van der Waals surface area contributed by atoms with E-state index in [2.05, 4.69) is 37.3 Å². The van der Waals surface area contributed by atoms with Crippen LogP contribution >= 0.6 is 12.2 Å². The molecule has 0 unspecified atom stereocenters. The van der Waals surface area contributed by atoms with Gasteiger partial charge in [-0.1, -0.05) is 44.0 Å². The van der Waals surface area contributed by atoms with Crippen molar-refractivity contribution >= 4 is 23.2 Å². The Morgan fingerprint density at radius 2 is 1.79 bits per heavy atom. The molecule has 3 aromatic rings. The molecule has 0 amide bonds. The van der Waals surface area contributed by atoms with E-state index in [9.17, 15) is 0 Å². The van der Waals surface area contributed by atoms with Gasteiger partial charge in [-0.15, -0.1) is 0 Å². The van der Waals surface area contributed by atoms with Crippen LogP contribution in [0.1, 0.15) is 31.7 Å². The van der Waals surface area contributed by atoms with Crippen molar-refractivity contribution in [2.24, 2.45) is 0 Å². The first-order valence-corrected chi connectivity index (χ1v) is 8.83. The number of ether oxygens (including phenoxy) is 1. The van der Waals surface area contributed by atoms with E-state index in [0.717, 1.165) is 34.3 Å². The van der Waals surface area contributed by atoms with E-state index in [1.165, 1.54) is 24.8 Å². The Morgan fingerprint density at radius 3 is 2.50 bits per heavy atom.